The summed E-state index contributed by atoms with van der Waals surface area (Å²) in [5.74, 6) is -0.0232. The van der Waals surface area contributed by atoms with Crippen molar-refractivity contribution in [1.82, 2.24) is 30.0 Å². The van der Waals surface area contributed by atoms with Crippen molar-refractivity contribution in [2.24, 2.45) is 5.92 Å². The van der Waals surface area contributed by atoms with Crippen LogP contribution in [0.3, 0.4) is 0 Å². The fraction of sp³-hybridized carbons (Fsp3) is 0.529. The molecule has 0 radical (unpaired) electrons. The molecular weight excluding hydrogens is 350 g/mol. The lowest BCUT2D eigenvalue weighted by molar-refractivity contribution is -0.121. The average Bonchev–Trinajstić information content (AvgIpc) is 3.20. The highest BCUT2D eigenvalue weighted by Gasteiger charge is 2.21. The Morgan fingerprint density at radius 1 is 1.22 bits per heavy atom. The van der Waals surface area contributed by atoms with Gasteiger partial charge in [-0.3, -0.25) is 14.5 Å². The Morgan fingerprint density at radius 2 is 2.04 bits per heavy atom. The van der Waals surface area contributed by atoms with E-state index in [1.54, 1.807) is 17.2 Å². The van der Waals surface area contributed by atoms with E-state index in [1.165, 1.54) is 12.5 Å². The fourth-order valence-electron chi connectivity index (χ4n) is 3.07. The number of nitrogens with one attached hydrogen (secondary N) is 1. The zero-order valence-electron chi connectivity index (χ0n) is 15.0. The Kier molecular flexibility index (Phi) is 6.29. The second-order valence-electron chi connectivity index (χ2n) is 6.56. The van der Waals surface area contributed by atoms with Gasteiger partial charge in [-0.15, -0.1) is 0 Å². The van der Waals surface area contributed by atoms with Gasteiger partial charge in [-0.05, 0) is 25.2 Å². The van der Waals surface area contributed by atoms with Crippen LogP contribution in [0.4, 0.5) is 5.82 Å². The molecule has 0 spiro atoms. The van der Waals surface area contributed by atoms with Gasteiger partial charge >= 0.3 is 5.97 Å². The number of nitrogens with zero attached hydrogens (tertiary/aromatic N) is 6. The van der Waals surface area contributed by atoms with Crippen molar-refractivity contribution in [1.29, 1.82) is 0 Å². The molecule has 0 bridgehead atoms. The zero-order valence-corrected chi connectivity index (χ0v) is 15.0. The third-order valence-corrected chi connectivity index (χ3v) is 4.63. The van der Waals surface area contributed by atoms with E-state index in [0.29, 0.717) is 31.2 Å². The SMILES string of the molecule is O=C(CCCn1cncn1)NCC1CCN(c2cncc(C(=O)O)n2)CC1. The molecule has 0 aliphatic carbocycles. The Labute approximate surface area is 156 Å². The number of hydrogen-bond donors (Lipinski definition) is 2. The number of aryl methyl sites for hydroxylation is 1. The maximum absolute atomic E-state index is 12.0. The second kappa shape index (κ2) is 9.06. The predicted molar refractivity (Wildman–Crippen MR) is 96.2 cm³/mol. The molecule has 2 N–H and O–H groups in total. The number of piperidine rings is 1. The van der Waals surface area contributed by atoms with Crippen molar-refractivity contribution in [3.63, 3.8) is 0 Å². The number of rotatable bonds is 8. The van der Waals surface area contributed by atoms with E-state index in [2.05, 4.69) is 25.4 Å². The van der Waals surface area contributed by atoms with Crippen LogP contribution >= 0.6 is 0 Å². The van der Waals surface area contributed by atoms with Crippen LogP contribution in [0.5, 0.6) is 0 Å². The van der Waals surface area contributed by atoms with Crippen molar-refractivity contribution in [2.45, 2.75) is 32.2 Å². The number of carboxylic acid groups (broad SMARTS) is 1. The molecule has 10 heteroatoms. The molecule has 2 aromatic heterocycles. The monoisotopic (exact) mass is 373 g/mol. The molecule has 3 heterocycles. The number of hydrogen-bond acceptors (Lipinski definition) is 7. The zero-order chi connectivity index (χ0) is 19.1. The maximum atomic E-state index is 12.0. The largest absolute Gasteiger partial charge is 0.476 e. The van der Waals surface area contributed by atoms with Gasteiger partial charge in [0.2, 0.25) is 5.91 Å². The molecule has 1 aliphatic heterocycles. The van der Waals surface area contributed by atoms with Gasteiger partial charge in [-0.1, -0.05) is 0 Å². The third-order valence-electron chi connectivity index (χ3n) is 4.63. The highest BCUT2D eigenvalue weighted by atomic mass is 16.4. The summed E-state index contributed by atoms with van der Waals surface area (Å²) in [5.41, 5.74) is -0.0484. The highest BCUT2D eigenvalue weighted by molar-refractivity contribution is 5.85. The van der Waals surface area contributed by atoms with Crippen LogP contribution < -0.4 is 10.2 Å². The number of aromatic carboxylic acids is 1. The summed E-state index contributed by atoms with van der Waals surface area (Å²) in [6, 6.07) is 0. The van der Waals surface area contributed by atoms with Gasteiger partial charge in [0.1, 0.15) is 18.5 Å². The highest BCUT2D eigenvalue weighted by Crippen LogP contribution is 2.21. The lowest BCUT2D eigenvalue weighted by Crippen LogP contribution is -2.39. The number of carbonyl (C=O) groups is 2. The summed E-state index contributed by atoms with van der Waals surface area (Å²) in [4.78, 5) is 37.0. The summed E-state index contributed by atoms with van der Waals surface area (Å²) in [5, 5.41) is 16.0. The summed E-state index contributed by atoms with van der Waals surface area (Å²) >= 11 is 0. The van der Waals surface area contributed by atoms with Crippen molar-refractivity contribution in [3.8, 4) is 0 Å². The first-order chi connectivity index (χ1) is 13.1. The van der Waals surface area contributed by atoms with Gasteiger partial charge in [-0.2, -0.15) is 5.10 Å². The van der Waals surface area contributed by atoms with Crippen LogP contribution in [0.25, 0.3) is 0 Å². The third kappa shape index (κ3) is 5.47. The van der Waals surface area contributed by atoms with E-state index >= 15 is 0 Å². The summed E-state index contributed by atoms with van der Waals surface area (Å²) in [6.07, 6.45) is 8.98. The average molecular weight is 373 g/mol. The lowest BCUT2D eigenvalue weighted by atomic mass is 9.97. The lowest BCUT2D eigenvalue weighted by Gasteiger charge is -2.32. The Bertz CT molecular complexity index is 758. The van der Waals surface area contributed by atoms with Gasteiger partial charge in [0.15, 0.2) is 5.69 Å². The van der Waals surface area contributed by atoms with Crippen LogP contribution in [-0.4, -0.2) is 61.3 Å². The minimum atomic E-state index is -1.08. The number of amides is 1. The first-order valence-corrected chi connectivity index (χ1v) is 9.01. The molecule has 2 aromatic rings. The number of anilines is 1. The number of aromatic nitrogens is 5. The van der Waals surface area contributed by atoms with Crippen LogP contribution in [0.2, 0.25) is 0 Å². The van der Waals surface area contributed by atoms with Crippen LogP contribution in [0.15, 0.2) is 25.0 Å². The van der Waals surface area contributed by atoms with Crippen molar-refractivity contribution >= 4 is 17.7 Å². The van der Waals surface area contributed by atoms with Crippen molar-refractivity contribution in [2.75, 3.05) is 24.5 Å². The second-order valence-corrected chi connectivity index (χ2v) is 6.56. The molecule has 1 aliphatic rings. The van der Waals surface area contributed by atoms with Gasteiger partial charge in [-0.25, -0.2) is 14.8 Å². The normalized spacial score (nSPS) is 14.9. The van der Waals surface area contributed by atoms with Crippen molar-refractivity contribution < 1.29 is 14.7 Å². The summed E-state index contributed by atoms with van der Waals surface area (Å²) in [7, 11) is 0. The molecule has 0 aromatic carbocycles. The van der Waals surface area contributed by atoms with Gasteiger partial charge in [0, 0.05) is 32.6 Å². The first-order valence-electron chi connectivity index (χ1n) is 9.01. The standard InChI is InChI=1S/C17H23N7O3/c25-16(2-1-5-24-12-19-11-21-24)20-8-13-3-6-23(7-4-13)15-10-18-9-14(22-15)17(26)27/h9-13H,1-8H2,(H,20,25)(H,26,27). The van der Waals surface area contributed by atoms with Crippen LogP contribution in [-0.2, 0) is 11.3 Å². The minimum absolute atomic E-state index is 0.0484. The molecule has 1 fully saturated rings. The molecule has 0 atom stereocenters. The van der Waals surface area contributed by atoms with Gasteiger partial charge in [0.05, 0.1) is 12.4 Å². The first kappa shape index (κ1) is 18.7. The topological polar surface area (TPSA) is 126 Å². The Morgan fingerprint density at radius 3 is 2.74 bits per heavy atom. The van der Waals surface area contributed by atoms with Crippen molar-refractivity contribution in [3.05, 3.63) is 30.7 Å². The number of carbonyl (C=O) groups excluding carboxylic acids is 1. The predicted octanol–water partition coefficient (Wildman–Crippen LogP) is 0.579. The maximum Gasteiger partial charge on any atom is 0.356 e. The van der Waals surface area contributed by atoms with E-state index in [4.69, 9.17) is 5.11 Å². The molecule has 1 amide bonds. The quantitative estimate of drug-likeness (QED) is 0.688. The van der Waals surface area contributed by atoms with Gasteiger partial charge < -0.3 is 15.3 Å². The van der Waals surface area contributed by atoms with E-state index in [9.17, 15) is 9.59 Å². The number of carboxylic acids is 1. The van der Waals surface area contributed by atoms with Crippen LogP contribution in [0, 0.1) is 5.92 Å². The van der Waals surface area contributed by atoms with E-state index in [-0.39, 0.29) is 11.6 Å². The molecule has 10 nitrogen and oxygen atoms in total. The molecule has 144 valence electrons. The molecule has 0 saturated carbocycles. The molecule has 27 heavy (non-hydrogen) atoms. The smallest absolute Gasteiger partial charge is 0.356 e. The summed E-state index contributed by atoms with van der Waals surface area (Å²) < 4.78 is 1.71. The fourth-order valence-corrected chi connectivity index (χ4v) is 3.07. The van der Waals surface area contributed by atoms with E-state index in [1.807, 2.05) is 4.90 Å². The summed E-state index contributed by atoms with van der Waals surface area (Å²) in [6.45, 7) is 2.88. The molecule has 0 unspecified atom stereocenters. The van der Waals surface area contributed by atoms with Crippen LogP contribution in [0.1, 0.15) is 36.2 Å². The Balaban J connectivity index is 1.36. The Hall–Kier alpha value is -3.04. The van der Waals surface area contributed by atoms with E-state index < -0.39 is 5.97 Å². The van der Waals surface area contributed by atoms with Gasteiger partial charge in [0.25, 0.3) is 0 Å². The molecule has 1 saturated heterocycles. The molecular formula is C17H23N7O3. The molecule has 3 rings (SSSR count). The minimum Gasteiger partial charge on any atom is -0.476 e. The van der Waals surface area contributed by atoms with E-state index in [0.717, 1.165) is 32.4 Å².